The molecule has 0 saturated carbocycles. The minimum Gasteiger partial charge on any atom is -0.496 e. The molecule has 0 spiro atoms. The molecule has 0 aliphatic heterocycles. The molecule has 0 bridgehead atoms. The van der Waals surface area contributed by atoms with Crippen molar-refractivity contribution < 1.29 is 14.2 Å². The Morgan fingerprint density at radius 3 is 2.67 bits per heavy atom. The molecular weight excluding hydrogens is 266 g/mol. The molecule has 0 heterocycles. The second kappa shape index (κ2) is 10.6. The maximum absolute atomic E-state index is 5.67. The van der Waals surface area contributed by atoms with E-state index in [-0.39, 0.29) is 6.10 Å². The van der Waals surface area contributed by atoms with Gasteiger partial charge in [0, 0.05) is 12.1 Å². The van der Waals surface area contributed by atoms with Crippen LogP contribution in [0.1, 0.15) is 38.3 Å². The van der Waals surface area contributed by atoms with Crippen molar-refractivity contribution in [1.29, 1.82) is 0 Å². The summed E-state index contributed by atoms with van der Waals surface area (Å²) in [6.45, 7) is 9.89. The average Bonchev–Trinajstić information content (AvgIpc) is 2.47. The molecule has 4 nitrogen and oxygen atoms in total. The van der Waals surface area contributed by atoms with Gasteiger partial charge in [-0.15, -0.1) is 0 Å². The summed E-state index contributed by atoms with van der Waals surface area (Å²) in [4.78, 5) is 0. The molecule has 4 heteroatoms. The lowest BCUT2D eigenvalue weighted by Gasteiger charge is -2.12. The molecule has 1 rings (SSSR count). The van der Waals surface area contributed by atoms with Crippen LogP contribution in [0.3, 0.4) is 0 Å². The summed E-state index contributed by atoms with van der Waals surface area (Å²) in [6.07, 6.45) is 1.39. The third-order valence-electron chi connectivity index (χ3n) is 3.04. The van der Waals surface area contributed by atoms with Crippen LogP contribution >= 0.6 is 0 Å². The summed E-state index contributed by atoms with van der Waals surface area (Å²) in [5, 5.41) is 3.40. The average molecular weight is 295 g/mol. The minimum atomic E-state index is 0.246. The Bertz CT molecular complexity index is 394. The lowest BCUT2D eigenvalue weighted by molar-refractivity contribution is 0.0139. The lowest BCUT2D eigenvalue weighted by Crippen LogP contribution is -2.14. The van der Waals surface area contributed by atoms with Crippen LogP contribution in [0.4, 0.5) is 0 Å². The smallest absolute Gasteiger partial charge is 0.124 e. The first-order chi connectivity index (χ1) is 10.2. The third-order valence-corrected chi connectivity index (χ3v) is 3.04. The molecule has 0 radical (unpaired) electrons. The van der Waals surface area contributed by atoms with Crippen LogP contribution in [0, 0.1) is 0 Å². The van der Waals surface area contributed by atoms with E-state index in [0.717, 1.165) is 30.8 Å². The summed E-state index contributed by atoms with van der Waals surface area (Å²) in [5.41, 5.74) is 2.33. The Kier molecular flexibility index (Phi) is 9.06. The van der Waals surface area contributed by atoms with Gasteiger partial charge in [-0.2, -0.15) is 0 Å². The molecule has 120 valence electrons. The van der Waals surface area contributed by atoms with Gasteiger partial charge in [0.1, 0.15) is 5.75 Å². The molecule has 0 aliphatic carbocycles. The molecule has 0 atom stereocenters. The Labute approximate surface area is 128 Å². The fourth-order valence-electron chi connectivity index (χ4n) is 1.99. The maximum Gasteiger partial charge on any atom is 0.124 e. The van der Waals surface area contributed by atoms with Gasteiger partial charge >= 0.3 is 0 Å². The normalized spacial score (nSPS) is 11.1. The Hall–Kier alpha value is -1.10. The predicted octanol–water partition coefficient (Wildman–Crippen LogP) is 3.14. The topological polar surface area (TPSA) is 39.7 Å². The maximum atomic E-state index is 5.67. The van der Waals surface area contributed by atoms with Gasteiger partial charge in [0.2, 0.25) is 0 Å². The van der Waals surface area contributed by atoms with Crippen molar-refractivity contribution in [1.82, 2.24) is 5.32 Å². The first-order valence-corrected chi connectivity index (χ1v) is 7.73. The van der Waals surface area contributed by atoms with Crippen molar-refractivity contribution in [3.63, 3.8) is 0 Å². The van der Waals surface area contributed by atoms with Crippen molar-refractivity contribution in [2.45, 2.75) is 46.4 Å². The van der Waals surface area contributed by atoms with Gasteiger partial charge in [-0.05, 0) is 44.5 Å². The largest absolute Gasteiger partial charge is 0.496 e. The zero-order chi connectivity index (χ0) is 15.5. The van der Waals surface area contributed by atoms with Crippen LogP contribution in [-0.2, 0) is 22.6 Å². The number of ether oxygens (including phenoxy) is 3. The van der Waals surface area contributed by atoms with E-state index >= 15 is 0 Å². The lowest BCUT2D eigenvalue weighted by atomic mass is 10.1. The summed E-state index contributed by atoms with van der Waals surface area (Å²) in [5.74, 6) is 0.874. The van der Waals surface area contributed by atoms with E-state index in [9.17, 15) is 0 Å². The van der Waals surface area contributed by atoms with E-state index in [1.807, 2.05) is 19.9 Å². The van der Waals surface area contributed by atoms with E-state index in [1.54, 1.807) is 7.11 Å². The first kappa shape index (κ1) is 18.0. The fourth-order valence-corrected chi connectivity index (χ4v) is 1.99. The van der Waals surface area contributed by atoms with Crippen molar-refractivity contribution in [3.05, 3.63) is 29.3 Å². The van der Waals surface area contributed by atoms with E-state index in [1.165, 1.54) is 5.56 Å². The highest BCUT2D eigenvalue weighted by Gasteiger charge is 2.05. The summed E-state index contributed by atoms with van der Waals surface area (Å²) in [7, 11) is 1.69. The molecule has 1 N–H and O–H groups in total. The van der Waals surface area contributed by atoms with E-state index in [2.05, 4.69) is 24.4 Å². The molecule has 1 aromatic rings. The Morgan fingerprint density at radius 1 is 1.19 bits per heavy atom. The fraction of sp³-hybridized carbons (Fsp3) is 0.647. The van der Waals surface area contributed by atoms with Crippen LogP contribution in [0.25, 0.3) is 0 Å². The monoisotopic (exact) mass is 295 g/mol. The zero-order valence-electron chi connectivity index (χ0n) is 13.8. The van der Waals surface area contributed by atoms with E-state index in [4.69, 9.17) is 14.2 Å². The van der Waals surface area contributed by atoms with Gasteiger partial charge in [-0.1, -0.05) is 13.0 Å². The van der Waals surface area contributed by atoms with Gasteiger partial charge < -0.3 is 19.5 Å². The molecule has 0 aromatic heterocycles. The highest BCUT2D eigenvalue weighted by Crippen LogP contribution is 2.20. The van der Waals surface area contributed by atoms with Crippen molar-refractivity contribution in [2.75, 3.05) is 26.9 Å². The van der Waals surface area contributed by atoms with E-state index in [0.29, 0.717) is 19.8 Å². The van der Waals surface area contributed by atoms with Crippen LogP contribution in [0.15, 0.2) is 18.2 Å². The summed E-state index contributed by atoms with van der Waals surface area (Å²) in [6, 6.07) is 6.24. The molecule has 0 saturated heterocycles. The van der Waals surface area contributed by atoms with Crippen LogP contribution in [0.5, 0.6) is 5.75 Å². The van der Waals surface area contributed by atoms with Crippen molar-refractivity contribution in [2.24, 2.45) is 0 Å². The second-order valence-electron chi connectivity index (χ2n) is 5.30. The van der Waals surface area contributed by atoms with Gasteiger partial charge in [0.15, 0.2) is 0 Å². The molecule has 21 heavy (non-hydrogen) atoms. The summed E-state index contributed by atoms with van der Waals surface area (Å²) >= 11 is 0. The number of rotatable bonds is 11. The Morgan fingerprint density at radius 2 is 2.00 bits per heavy atom. The zero-order valence-corrected chi connectivity index (χ0v) is 13.8. The van der Waals surface area contributed by atoms with Crippen LogP contribution in [-0.4, -0.2) is 33.0 Å². The van der Waals surface area contributed by atoms with E-state index < -0.39 is 0 Å². The molecule has 0 amide bonds. The Balaban J connectivity index is 2.47. The highest BCUT2D eigenvalue weighted by atomic mass is 16.5. The standard InChI is InChI=1S/C17H29NO3/c1-5-8-18-12-15-6-7-17(19-4)16(11-15)13-20-9-10-21-14(2)3/h6-7,11,14,18H,5,8-10,12-13H2,1-4H3. The van der Waals surface area contributed by atoms with Gasteiger partial charge in [-0.3, -0.25) is 0 Å². The number of benzene rings is 1. The van der Waals surface area contributed by atoms with Gasteiger partial charge in [-0.25, -0.2) is 0 Å². The molecular formula is C17H29NO3. The summed E-state index contributed by atoms with van der Waals surface area (Å²) < 4.78 is 16.5. The first-order valence-electron chi connectivity index (χ1n) is 7.73. The minimum absolute atomic E-state index is 0.246. The number of hydrogen-bond donors (Lipinski definition) is 1. The number of hydrogen-bond acceptors (Lipinski definition) is 4. The second-order valence-corrected chi connectivity index (χ2v) is 5.30. The van der Waals surface area contributed by atoms with Crippen LogP contribution in [0.2, 0.25) is 0 Å². The predicted molar refractivity (Wildman–Crippen MR) is 85.7 cm³/mol. The molecule has 1 aromatic carbocycles. The molecule has 0 aliphatic rings. The number of nitrogens with one attached hydrogen (secondary N) is 1. The number of methoxy groups -OCH3 is 1. The van der Waals surface area contributed by atoms with Gasteiger partial charge in [0.25, 0.3) is 0 Å². The molecule has 0 fully saturated rings. The SMILES string of the molecule is CCCNCc1ccc(OC)c(COCCOC(C)C)c1. The quantitative estimate of drug-likeness (QED) is 0.637. The van der Waals surface area contributed by atoms with Gasteiger partial charge in [0.05, 0.1) is 33.0 Å². The van der Waals surface area contributed by atoms with Crippen LogP contribution < -0.4 is 10.1 Å². The molecule has 0 unspecified atom stereocenters. The third kappa shape index (κ3) is 7.46. The highest BCUT2D eigenvalue weighted by molar-refractivity contribution is 5.36. The van der Waals surface area contributed by atoms with Crippen molar-refractivity contribution in [3.8, 4) is 5.75 Å². The van der Waals surface area contributed by atoms with Crippen molar-refractivity contribution >= 4 is 0 Å².